The lowest BCUT2D eigenvalue weighted by atomic mass is 9.92. The third-order valence-electron chi connectivity index (χ3n) is 3.13. The van der Waals surface area contributed by atoms with Crippen molar-refractivity contribution < 1.29 is 17.9 Å². The van der Waals surface area contributed by atoms with E-state index in [0.29, 0.717) is 6.42 Å². The van der Waals surface area contributed by atoms with E-state index < -0.39 is 21.2 Å². The summed E-state index contributed by atoms with van der Waals surface area (Å²) in [4.78, 5) is 11.2. The molecule has 100 valence electrons. The summed E-state index contributed by atoms with van der Waals surface area (Å²) in [6.07, 6.45) is 3.49. The topological polar surface area (TPSA) is 98.5 Å². The van der Waals surface area contributed by atoms with Crippen LogP contribution in [0.3, 0.4) is 0 Å². The number of rotatable bonds is 4. The van der Waals surface area contributed by atoms with E-state index >= 15 is 0 Å². The third kappa shape index (κ3) is 3.65. The van der Waals surface area contributed by atoms with Gasteiger partial charge in [-0.3, -0.25) is 4.79 Å². The summed E-state index contributed by atoms with van der Waals surface area (Å²) in [7, 11) is -2.54. The van der Waals surface area contributed by atoms with Gasteiger partial charge in [0.2, 0.25) is 10.0 Å². The number of methoxy groups -OCH3 is 1. The maximum Gasteiger partial charge on any atom is 0.325 e. The Bertz CT molecular complexity index is 369. The summed E-state index contributed by atoms with van der Waals surface area (Å²) in [5, 5.41) is -1.21. The van der Waals surface area contributed by atoms with Crippen LogP contribution >= 0.6 is 0 Å². The van der Waals surface area contributed by atoms with E-state index in [-0.39, 0.29) is 12.1 Å². The van der Waals surface area contributed by atoms with E-state index in [0.717, 1.165) is 19.3 Å². The minimum atomic E-state index is -3.71. The molecule has 0 spiro atoms. The molecule has 1 aliphatic carbocycles. The summed E-state index contributed by atoms with van der Waals surface area (Å²) in [5.41, 5.74) is 5.85. The predicted molar refractivity (Wildman–Crippen MR) is 63.8 cm³/mol. The first-order chi connectivity index (χ1) is 7.88. The Morgan fingerprint density at radius 2 is 2.00 bits per heavy atom. The molecule has 1 fully saturated rings. The zero-order valence-corrected chi connectivity index (χ0v) is 11.0. The van der Waals surface area contributed by atoms with Crippen LogP contribution in [0.5, 0.6) is 0 Å². The van der Waals surface area contributed by atoms with Gasteiger partial charge < -0.3 is 10.5 Å². The SMILES string of the molecule is COC(=O)C(C)S(=O)(=O)NC1CCCCC1N. The first-order valence-corrected chi connectivity index (χ1v) is 7.27. The van der Waals surface area contributed by atoms with Crippen LogP contribution < -0.4 is 10.5 Å². The second-order valence-corrected chi connectivity index (χ2v) is 6.42. The quantitative estimate of drug-likeness (QED) is 0.681. The molecule has 0 saturated heterocycles. The van der Waals surface area contributed by atoms with Gasteiger partial charge >= 0.3 is 5.97 Å². The van der Waals surface area contributed by atoms with Crippen LogP contribution in [0.2, 0.25) is 0 Å². The molecule has 3 N–H and O–H groups in total. The predicted octanol–water partition coefficient (Wildman–Crippen LogP) is -0.263. The largest absolute Gasteiger partial charge is 0.468 e. The average molecular weight is 264 g/mol. The molecule has 1 aliphatic rings. The lowest BCUT2D eigenvalue weighted by molar-refractivity contribution is -0.139. The monoisotopic (exact) mass is 264 g/mol. The highest BCUT2D eigenvalue weighted by molar-refractivity contribution is 7.90. The van der Waals surface area contributed by atoms with Crippen molar-refractivity contribution in [2.75, 3.05) is 7.11 Å². The lowest BCUT2D eigenvalue weighted by Gasteiger charge is -2.29. The fourth-order valence-electron chi connectivity index (χ4n) is 1.91. The van der Waals surface area contributed by atoms with Crippen LogP contribution in [0, 0.1) is 0 Å². The zero-order chi connectivity index (χ0) is 13.1. The van der Waals surface area contributed by atoms with Crippen molar-refractivity contribution >= 4 is 16.0 Å². The first-order valence-electron chi connectivity index (χ1n) is 5.73. The highest BCUT2D eigenvalue weighted by Gasteiger charge is 2.33. The Balaban J connectivity index is 2.68. The van der Waals surface area contributed by atoms with Gasteiger partial charge in [0.25, 0.3) is 0 Å². The van der Waals surface area contributed by atoms with Crippen LogP contribution in [-0.2, 0) is 19.6 Å². The number of nitrogens with two attached hydrogens (primary N) is 1. The summed E-state index contributed by atoms with van der Waals surface area (Å²) in [5.74, 6) is -0.762. The van der Waals surface area contributed by atoms with Crippen molar-refractivity contribution in [2.45, 2.75) is 49.9 Å². The highest BCUT2D eigenvalue weighted by atomic mass is 32.2. The van der Waals surface area contributed by atoms with E-state index in [1.54, 1.807) is 0 Å². The van der Waals surface area contributed by atoms with Gasteiger partial charge in [-0.15, -0.1) is 0 Å². The van der Waals surface area contributed by atoms with E-state index in [2.05, 4.69) is 9.46 Å². The highest BCUT2D eigenvalue weighted by Crippen LogP contribution is 2.18. The minimum Gasteiger partial charge on any atom is -0.468 e. The third-order valence-corrected chi connectivity index (χ3v) is 4.89. The Morgan fingerprint density at radius 3 is 2.53 bits per heavy atom. The Hall–Kier alpha value is -0.660. The van der Waals surface area contributed by atoms with Crippen LogP contribution in [0.25, 0.3) is 0 Å². The molecule has 7 heteroatoms. The number of hydrogen-bond donors (Lipinski definition) is 2. The second kappa shape index (κ2) is 5.79. The standard InChI is InChI=1S/C10H20N2O4S/c1-7(10(13)16-2)17(14,15)12-9-6-4-3-5-8(9)11/h7-9,12H,3-6,11H2,1-2H3. The Morgan fingerprint density at radius 1 is 1.41 bits per heavy atom. The summed E-state index contributed by atoms with van der Waals surface area (Å²) >= 11 is 0. The van der Waals surface area contributed by atoms with Crippen LogP contribution in [-0.4, -0.2) is 38.8 Å². The van der Waals surface area contributed by atoms with Gasteiger partial charge in [0.15, 0.2) is 5.25 Å². The Labute approximate surface area is 102 Å². The maximum absolute atomic E-state index is 11.9. The molecule has 3 unspecified atom stereocenters. The van der Waals surface area contributed by atoms with Crippen molar-refractivity contribution in [1.82, 2.24) is 4.72 Å². The average Bonchev–Trinajstić information content (AvgIpc) is 2.30. The molecule has 0 aromatic carbocycles. The number of sulfonamides is 1. The minimum absolute atomic E-state index is 0.177. The van der Waals surface area contributed by atoms with E-state index in [4.69, 9.17) is 5.73 Å². The molecule has 6 nitrogen and oxygen atoms in total. The van der Waals surface area contributed by atoms with Gasteiger partial charge in [0.05, 0.1) is 7.11 Å². The molecule has 1 saturated carbocycles. The molecule has 0 amide bonds. The fourth-order valence-corrected chi connectivity index (χ4v) is 3.18. The second-order valence-electron chi connectivity index (χ2n) is 4.38. The summed E-state index contributed by atoms with van der Waals surface area (Å²) in [6.45, 7) is 1.31. The van der Waals surface area contributed by atoms with Gasteiger partial charge in [-0.2, -0.15) is 0 Å². The van der Waals surface area contributed by atoms with Gasteiger partial charge in [-0.25, -0.2) is 13.1 Å². The molecule has 0 aromatic rings. The van der Waals surface area contributed by atoms with Gasteiger partial charge in [0.1, 0.15) is 0 Å². The molecule has 3 atom stereocenters. The van der Waals surface area contributed by atoms with Gasteiger partial charge in [-0.05, 0) is 19.8 Å². The number of carbonyl (C=O) groups is 1. The van der Waals surface area contributed by atoms with Crippen LogP contribution in [0.15, 0.2) is 0 Å². The van der Waals surface area contributed by atoms with E-state index in [9.17, 15) is 13.2 Å². The molecule has 0 aliphatic heterocycles. The normalized spacial score (nSPS) is 27.5. The number of ether oxygens (including phenoxy) is 1. The summed E-state index contributed by atoms with van der Waals surface area (Å²) in [6, 6.07) is -0.454. The molecular formula is C10H20N2O4S. The molecule has 0 aromatic heterocycles. The van der Waals surface area contributed by atoms with Crippen molar-refractivity contribution in [3.8, 4) is 0 Å². The molecule has 1 rings (SSSR count). The van der Waals surface area contributed by atoms with E-state index in [1.807, 2.05) is 0 Å². The number of nitrogens with one attached hydrogen (secondary N) is 1. The lowest BCUT2D eigenvalue weighted by Crippen LogP contribution is -2.52. The van der Waals surface area contributed by atoms with Gasteiger partial charge in [0, 0.05) is 12.1 Å². The zero-order valence-electron chi connectivity index (χ0n) is 10.2. The molecule has 0 heterocycles. The molecule has 0 bridgehead atoms. The molecule has 17 heavy (non-hydrogen) atoms. The fraction of sp³-hybridized carbons (Fsp3) is 0.900. The van der Waals surface area contributed by atoms with Crippen molar-refractivity contribution in [1.29, 1.82) is 0 Å². The van der Waals surface area contributed by atoms with Crippen LogP contribution in [0.1, 0.15) is 32.6 Å². The summed E-state index contributed by atoms with van der Waals surface area (Å²) < 4.78 is 30.7. The first kappa shape index (κ1) is 14.4. The van der Waals surface area contributed by atoms with Gasteiger partial charge in [-0.1, -0.05) is 12.8 Å². The smallest absolute Gasteiger partial charge is 0.325 e. The molecule has 0 radical (unpaired) electrons. The van der Waals surface area contributed by atoms with Crippen molar-refractivity contribution in [3.05, 3.63) is 0 Å². The number of esters is 1. The molecular weight excluding hydrogens is 244 g/mol. The van der Waals surface area contributed by atoms with Crippen molar-refractivity contribution in [2.24, 2.45) is 5.73 Å². The van der Waals surface area contributed by atoms with Crippen LogP contribution in [0.4, 0.5) is 0 Å². The number of carbonyl (C=O) groups excluding carboxylic acids is 1. The Kier molecular flexibility index (Phi) is 4.91. The van der Waals surface area contributed by atoms with Crippen molar-refractivity contribution in [3.63, 3.8) is 0 Å². The number of hydrogen-bond acceptors (Lipinski definition) is 5. The van der Waals surface area contributed by atoms with E-state index in [1.165, 1.54) is 14.0 Å². The maximum atomic E-state index is 11.9.